The molecule has 0 aliphatic carbocycles. The molecule has 0 radical (unpaired) electrons. The average Bonchev–Trinajstić information content (AvgIpc) is 1.64. The highest BCUT2D eigenvalue weighted by Gasteiger charge is 2.44. The molecular formula is C73H103N15O30. The first-order valence-electron chi connectivity index (χ1n) is 37.6. The van der Waals surface area contributed by atoms with E-state index in [2.05, 4.69) is 58.5 Å². The van der Waals surface area contributed by atoms with Crippen LogP contribution in [0.25, 0.3) is 0 Å². The fourth-order valence-corrected chi connectivity index (χ4v) is 12.4. The highest BCUT2D eigenvalue weighted by atomic mass is 16.4. The van der Waals surface area contributed by atoms with Gasteiger partial charge >= 0.3 is 35.8 Å². The van der Waals surface area contributed by atoms with E-state index in [4.69, 9.17) is 5.73 Å². The molecule has 2 aliphatic heterocycles. The van der Waals surface area contributed by atoms with E-state index in [0.29, 0.717) is 0 Å². The number of phenols is 1. The van der Waals surface area contributed by atoms with Crippen LogP contribution in [0.4, 0.5) is 0 Å². The van der Waals surface area contributed by atoms with Crippen LogP contribution in [0.15, 0.2) is 54.6 Å². The van der Waals surface area contributed by atoms with E-state index in [1.165, 1.54) is 31.2 Å². The van der Waals surface area contributed by atoms with Gasteiger partial charge in [-0.2, -0.15) is 0 Å². The quantitative estimate of drug-likeness (QED) is 0.0293. The number of hydrogen-bond donors (Lipinski definition) is 23. The van der Waals surface area contributed by atoms with E-state index < -0.39 is 300 Å². The zero-order chi connectivity index (χ0) is 88.2. The highest BCUT2D eigenvalue weighted by Crippen LogP contribution is 2.24. The summed E-state index contributed by atoms with van der Waals surface area (Å²) in [6.45, 7) is -0.106. The van der Waals surface area contributed by atoms with E-state index in [1.54, 1.807) is 44.2 Å². The second-order valence-corrected chi connectivity index (χ2v) is 28.3. The molecule has 0 spiro atoms. The number of hydrogen-bond acceptors (Lipinski definition) is 25. The van der Waals surface area contributed by atoms with E-state index in [9.17, 15) is 147 Å². The summed E-state index contributed by atoms with van der Waals surface area (Å²) in [5, 5.41) is 124. The Bertz CT molecular complexity index is 3930. The van der Waals surface area contributed by atoms with Crippen LogP contribution in [0, 0.1) is 5.92 Å². The van der Waals surface area contributed by atoms with Crippen LogP contribution in [-0.4, -0.2) is 303 Å². The molecule has 24 N–H and O–H groups in total. The Morgan fingerprint density at radius 2 is 0.746 bits per heavy atom. The van der Waals surface area contributed by atoms with Crippen molar-refractivity contribution in [3.05, 3.63) is 65.7 Å². The molecule has 2 heterocycles. The number of likely N-dealkylation sites (tertiary alicyclic amines) is 2. The minimum Gasteiger partial charge on any atom is -0.508 e. The molecule has 2 fully saturated rings. The fraction of sp³-hybridized carbons (Fsp3) is 0.562. The second-order valence-electron chi connectivity index (χ2n) is 28.3. The predicted molar refractivity (Wildman–Crippen MR) is 402 cm³/mol. The number of aromatic hydroxyl groups is 1. The number of aliphatic carboxylic acids is 6. The Kier molecular flexibility index (Phi) is 40.4. The van der Waals surface area contributed by atoms with Crippen molar-refractivity contribution in [1.29, 1.82) is 0 Å². The maximum Gasteiger partial charge on any atom is 0.328 e. The average molecular weight is 1670 g/mol. The van der Waals surface area contributed by atoms with Gasteiger partial charge in [-0.15, -0.1) is 0 Å². The van der Waals surface area contributed by atoms with Gasteiger partial charge in [-0.05, 0) is 107 Å². The van der Waals surface area contributed by atoms with Gasteiger partial charge in [0.15, 0.2) is 0 Å². The first-order chi connectivity index (χ1) is 55.7. The lowest BCUT2D eigenvalue weighted by molar-refractivity contribution is -0.145. The lowest BCUT2D eigenvalue weighted by Crippen LogP contribution is -2.61. The monoisotopic (exact) mass is 1670 g/mol. The van der Waals surface area contributed by atoms with Gasteiger partial charge in [-0.1, -0.05) is 56.3 Å². The summed E-state index contributed by atoms with van der Waals surface area (Å²) in [5.41, 5.74) is 7.11. The number of benzene rings is 2. The van der Waals surface area contributed by atoms with Gasteiger partial charge in [0.05, 0.1) is 32.4 Å². The Labute approximate surface area is 673 Å². The summed E-state index contributed by atoms with van der Waals surface area (Å²) in [7, 11) is 0. The fourth-order valence-electron chi connectivity index (χ4n) is 12.4. The maximum atomic E-state index is 14.6. The third-order valence-electron chi connectivity index (χ3n) is 18.6. The summed E-state index contributed by atoms with van der Waals surface area (Å²) in [6, 6.07) is -9.60. The number of nitrogens with one attached hydrogen (secondary N) is 12. The number of carboxylic acid groups (broad SMARTS) is 6. The third-order valence-corrected chi connectivity index (χ3v) is 18.6. The van der Waals surface area contributed by atoms with E-state index >= 15 is 0 Å². The molecule has 14 amide bonds. The van der Waals surface area contributed by atoms with Gasteiger partial charge in [0.2, 0.25) is 82.7 Å². The first-order valence-corrected chi connectivity index (χ1v) is 37.6. The molecule has 2 aromatic rings. The summed E-state index contributed by atoms with van der Waals surface area (Å²) in [4.78, 5) is 267. The number of carbonyl (C=O) groups excluding carboxylic acids is 14. The number of aliphatic hydroxyl groups excluding tert-OH is 3. The minimum absolute atomic E-state index is 0.0427. The molecule has 0 aromatic heterocycles. The lowest BCUT2D eigenvalue weighted by Gasteiger charge is -2.33. The zero-order valence-corrected chi connectivity index (χ0v) is 64.7. The molecule has 118 heavy (non-hydrogen) atoms. The Morgan fingerprint density at radius 1 is 0.390 bits per heavy atom. The van der Waals surface area contributed by atoms with Crippen LogP contribution in [0.3, 0.4) is 0 Å². The number of rotatable bonds is 51. The van der Waals surface area contributed by atoms with Gasteiger partial charge in [0.25, 0.3) is 0 Å². The minimum atomic E-state index is -2.05. The van der Waals surface area contributed by atoms with Gasteiger partial charge in [-0.3, -0.25) is 91.1 Å². The SMILES string of the molecule is CC(C)C[C@H](NC(=O)[C@@H]1CCCN1C(=O)[C@H](CCC(=O)O)NC(=O)[C@H](C)NC(=O)[C@@H](N)Cc1ccccc1)C(=O)N1CCC[C@H]1C(=O)N[C@@H](CO)C(=O)N[C@@H](CCC(=O)O)C(=O)N[C@@H](CCC(=O)O)C(=O)N[C@@H](CCC(=O)O)C(=O)NCC(=O)N[C@@H](CCC(=O)O)C(=O)N[C@@H](CO)C(=O)N[C@@H](Cc1ccc(O)cc1)C(=O)N[C@@H](CO)C(=O)O. The van der Waals surface area contributed by atoms with Crippen LogP contribution in [0.2, 0.25) is 0 Å². The first kappa shape index (κ1) is 97.8. The van der Waals surface area contributed by atoms with E-state index in [-0.39, 0.29) is 68.8 Å². The van der Waals surface area contributed by atoms with Crippen LogP contribution < -0.4 is 69.5 Å². The standard InChI is InChI=1S/C73H103N15O30/c1-36(2)29-48(83-69(113)52-11-7-27-87(52)71(115)46(21-26-59(102)103)81-60(104)37(3)76-61(105)41(74)30-38-9-5-4-6-10-38)72(116)88-28-8-12-53(88)70(114)85-50(34-90)67(111)80-45(20-25-58(100)101)65(109)79-44(19-24-57(98)99)64(108)78-42(17-22-55(94)95)62(106)75-32-54(93)77-43(18-23-56(96)97)63(107)84-49(33-89)68(112)82-47(31-39-13-15-40(92)16-14-39)66(110)86-51(35-91)73(117)118/h4-6,9-10,13-16,36-37,41-53,89-92H,7-8,11-12,17-35,74H2,1-3H3,(H,75,106)(H,76,105)(H,77,93)(H,78,108)(H,79,109)(H,80,111)(H,81,104)(H,82,112)(H,83,113)(H,84,107)(H,85,114)(H,86,110)(H,94,95)(H,96,97)(H,98,99)(H,100,101)(H,102,103)(H,117,118)/t37-,41-,42-,43-,44-,45-,46-,47-,48-,49-,50-,51-,52-,53-/m0/s1. The normalized spacial score (nSPS) is 16.7. The Hall–Kier alpha value is -12.5. The zero-order valence-electron chi connectivity index (χ0n) is 64.7. The maximum absolute atomic E-state index is 14.6. The molecule has 2 aromatic carbocycles. The van der Waals surface area contributed by atoms with Crippen LogP contribution in [0.5, 0.6) is 5.75 Å². The largest absolute Gasteiger partial charge is 0.508 e. The smallest absolute Gasteiger partial charge is 0.328 e. The molecule has 2 aliphatic rings. The Morgan fingerprint density at radius 3 is 1.18 bits per heavy atom. The molecule has 0 unspecified atom stereocenters. The van der Waals surface area contributed by atoms with Crippen molar-refractivity contribution in [3.8, 4) is 5.75 Å². The molecule has 45 nitrogen and oxygen atoms in total. The van der Waals surface area contributed by atoms with Crippen molar-refractivity contribution < 1.29 is 147 Å². The topological polar surface area (TPSA) is 721 Å². The molecule has 0 saturated carbocycles. The predicted octanol–water partition coefficient (Wildman–Crippen LogP) is -7.61. The van der Waals surface area contributed by atoms with Crippen molar-refractivity contribution in [2.45, 2.75) is 215 Å². The second kappa shape index (κ2) is 48.8. The Balaban J connectivity index is 1.47. The lowest BCUT2D eigenvalue weighted by atomic mass is 10.0. The third kappa shape index (κ3) is 33.0. The summed E-state index contributed by atoms with van der Waals surface area (Å²) >= 11 is 0. The van der Waals surface area contributed by atoms with Crippen LogP contribution in [0.1, 0.15) is 128 Å². The number of aliphatic hydroxyl groups is 3. The molecule has 45 heteroatoms. The molecular weight excluding hydrogens is 1570 g/mol. The molecule has 4 rings (SSSR count). The van der Waals surface area contributed by atoms with Crippen molar-refractivity contribution in [3.63, 3.8) is 0 Å². The van der Waals surface area contributed by atoms with Crippen molar-refractivity contribution in [1.82, 2.24) is 73.6 Å². The molecule has 2 saturated heterocycles. The van der Waals surface area contributed by atoms with Crippen LogP contribution >= 0.6 is 0 Å². The number of carboxylic acids is 6. The number of nitrogens with two attached hydrogens (primary N) is 1. The summed E-state index contributed by atoms with van der Waals surface area (Å²) < 4.78 is 0. The van der Waals surface area contributed by atoms with Crippen LogP contribution in [-0.2, 0) is 109 Å². The summed E-state index contributed by atoms with van der Waals surface area (Å²) in [5.74, 6) is -25.6. The molecule has 650 valence electrons. The number of amides is 14. The number of carbonyl (C=O) groups is 20. The van der Waals surface area contributed by atoms with Crippen molar-refractivity contribution in [2.24, 2.45) is 11.7 Å². The van der Waals surface area contributed by atoms with Crippen molar-refractivity contribution in [2.75, 3.05) is 39.5 Å². The van der Waals surface area contributed by atoms with E-state index in [1.807, 2.05) is 5.32 Å². The van der Waals surface area contributed by atoms with E-state index in [0.717, 1.165) is 15.4 Å². The van der Waals surface area contributed by atoms with Crippen molar-refractivity contribution >= 4 is 119 Å². The number of nitrogens with zero attached hydrogens (tertiary/aromatic N) is 2. The van der Waals surface area contributed by atoms with Gasteiger partial charge in [0.1, 0.15) is 84.3 Å². The van der Waals surface area contributed by atoms with Gasteiger partial charge < -0.3 is 130 Å². The highest BCUT2D eigenvalue weighted by molar-refractivity contribution is 6.01. The summed E-state index contributed by atoms with van der Waals surface area (Å²) in [6.07, 6.45) is -7.75. The van der Waals surface area contributed by atoms with Gasteiger partial charge in [0, 0.05) is 51.6 Å². The number of phenolic OH excluding ortho intramolecular Hbond substituents is 1. The molecule has 0 bridgehead atoms. The van der Waals surface area contributed by atoms with Gasteiger partial charge in [-0.25, -0.2) is 4.79 Å². The molecule has 14 atom stereocenters.